The van der Waals surface area contributed by atoms with Crippen LogP contribution < -0.4 is 10.6 Å². The number of ether oxygens (including phenoxy) is 1. The van der Waals surface area contributed by atoms with Crippen molar-refractivity contribution < 1.29 is 19.1 Å². The third-order valence-corrected chi connectivity index (χ3v) is 6.62. The molecule has 0 aromatic heterocycles. The van der Waals surface area contributed by atoms with Crippen molar-refractivity contribution in [3.05, 3.63) is 100 Å². The first-order valence-electron chi connectivity index (χ1n) is 12.2. The van der Waals surface area contributed by atoms with Crippen molar-refractivity contribution in [3.8, 4) is 0 Å². The van der Waals surface area contributed by atoms with E-state index in [1.165, 1.54) is 4.90 Å². The van der Waals surface area contributed by atoms with E-state index in [2.05, 4.69) is 10.6 Å². The highest BCUT2D eigenvalue weighted by molar-refractivity contribution is 6.31. The SMILES string of the molecule is CC[C@H](C)NC(=O)[C@@H]1[C@H](c2cccc(NC(=O)c3cccc(Cl)c3)c2)OC(=O)N1Cc1ccc(C)cc1. The molecule has 0 aliphatic carbocycles. The van der Waals surface area contributed by atoms with Crippen molar-refractivity contribution in [2.24, 2.45) is 0 Å². The number of nitrogens with one attached hydrogen (secondary N) is 2. The van der Waals surface area contributed by atoms with Gasteiger partial charge < -0.3 is 15.4 Å². The van der Waals surface area contributed by atoms with Crippen LogP contribution in [0.4, 0.5) is 10.5 Å². The summed E-state index contributed by atoms with van der Waals surface area (Å²) in [4.78, 5) is 40.6. The van der Waals surface area contributed by atoms with E-state index in [0.717, 1.165) is 17.5 Å². The maximum Gasteiger partial charge on any atom is 0.411 e. The van der Waals surface area contributed by atoms with Gasteiger partial charge in [0.25, 0.3) is 5.91 Å². The van der Waals surface area contributed by atoms with Gasteiger partial charge >= 0.3 is 6.09 Å². The van der Waals surface area contributed by atoms with Crippen LogP contribution in [0.5, 0.6) is 0 Å². The first kappa shape index (κ1) is 26.2. The largest absolute Gasteiger partial charge is 0.438 e. The standard InChI is InChI=1S/C29H30ClN3O4/c1-4-19(3)31-28(35)25-26(37-29(36)33(25)17-20-13-11-18(2)12-14-20)21-7-6-10-24(16-21)32-27(34)22-8-5-9-23(30)15-22/h5-16,19,25-26H,4,17H2,1-3H3,(H,31,35)(H,32,34)/t19-,25-,26-/m0/s1. The summed E-state index contributed by atoms with van der Waals surface area (Å²) < 4.78 is 5.76. The molecular formula is C29H30ClN3O4. The van der Waals surface area contributed by atoms with E-state index in [-0.39, 0.29) is 24.4 Å². The number of amides is 3. The molecule has 2 N–H and O–H groups in total. The summed E-state index contributed by atoms with van der Waals surface area (Å²) in [6.07, 6.45) is -0.658. The normalized spacial score (nSPS) is 17.7. The van der Waals surface area contributed by atoms with Crippen LogP contribution in [0.3, 0.4) is 0 Å². The van der Waals surface area contributed by atoms with Gasteiger partial charge in [-0.1, -0.05) is 66.6 Å². The number of hydrogen-bond donors (Lipinski definition) is 2. The summed E-state index contributed by atoms with van der Waals surface area (Å²) in [7, 11) is 0. The molecule has 3 aromatic carbocycles. The van der Waals surface area contributed by atoms with Crippen LogP contribution in [0.1, 0.15) is 53.4 Å². The fraction of sp³-hybridized carbons (Fsp3) is 0.276. The summed E-state index contributed by atoms with van der Waals surface area (Å²) in [5.74, 6) is -0.610. The predicted octanol–water partition coefficient (Wildman–Crippen LogP) is 5.88. The number of aryl methyl sites for hydroxylation is 1. The van der Waals surface area contributed by atoms with Gasteiger partial charge in [-0.2, -0.15) is 0 Å². The third-order valence-electron chi connectivity index (χ3n) is 6.39. The molecule has 3 aromatic rings. The Morgan fingerprint density at radius 1 is 1.05 bits per heavy atom. The molecule has 0 unspecified atom stereocenters. The summed E-state index contributed by atoms with van der Waals surface area (Å²) >= 11 is 6.02. The van der Waals surface area contributed by atoms with E-state index in [9.17, 15) is 14.4 Å². The van der Waals surface area contributed by atoms with Gasteiger partial charge in [-0.25, -0.2) is 4.79 Å². The Morgan fingerprint density at radius 2 is 1.78 bits per heavy atom. The number of benzene rings is 3. The number of carbonyl (C=O) groups excluding carboxylic acids is 3. The van der Waals surface area contributed by atoms with Crippen LogP contribution in [0.2, 0.25) is 5.02 Å². The van der Waals surface area contributed by atoms with Crippen molar-refractivity contribution in [2.45, 2.75) is 51.9 Å². The molecule has 37 heavy (non-hydrogen) atoms. The molecule has 3 amide bonds. The van der Waals surface area contributed by atoms with Crippen LogP contribution >= 0.6 is 11.6 Å². The van der Waals surface area contributed by atoms with E-state index >= 15 is 0 Å². The summed E-state index contributed by atoms with van der Waals surface area (Å²) in [5, 5.41) is 6.31. The van der Waals surface area contributed by atoms with Crippen LogP contribution in [0, 0.1) is 6.92 Å². The molecule has 1 aliphatic rings. The topological polar surface area (TPSA) is 87.7 Å². The van der Waals surface area contributed by atoms with Gasteiger partial charge in [0.1, 0.15) is 0 Å². The maximum atomic E-state index is 13.4. The second kappa shape index (κ2) is 11.5. The molecule has 8 heteroatoms. The molecule has 0 bridgehead atoms. The Kier molecular flexibility index (Phi) is 8.14. The van der Waals surface area contributed by atoms with E-state index in [1.54, 1.807) is 48.5 Å². The number of anilines is 1. The molecule has 7 nitrogen and oxygen atoms in total. The van der Waals surface area contributed by atoms with E-state index in [1.807, 2.05) is 45.0 Å². The lowest BCUT2D eigenvalue weighted by Crippen LogP contribution is -2.48. The Bertz CT molecular complexity index is 1290. The van der Waals surface area contributed by atoms with Crippen LogP contribution in [-0.4, -0.2) is 34.9 Å². The van der Waals surface area contributed by atoms with Gasteiger partial charge in [-0.15, -0.1) is 0 Å². The minimum atomic E-state index is -0.873. The average Bonchev–Trinajstić information content (AvgIpc) is 3.21. The zero-order valence-electron chi connectivity index (χ0n) is 21.0. The third kappa shape index (κ3) is 6.30. The van der Waals surface area contributed by atoms with Gasteiger partial charge in [0.15, 0.2) is 12.1 Å². The Hall–Kier alpha value is -3.84. The molecule has 0 spiro atoms. The van der Waals surface area contributed by atoms with Crippen molar-refractivity contribution >= 4 is 35.2 Å². The lowest BCUT2D eigenvalue weighted by atomic mass is 9.99. The molecule has 1 fully saturated rings. The molecule has 192 valence electrons. The minimum Gasteiger partial charge on any atom is -0.438 e. The molecule has 1 aliphatic heterocycles. The molecule has 0 saturated carbocycles. The second-order valence-electron chi connectivity index (χ2n) is 9.27. The van der Waals surface area contributed by atoms with Crippen molar-refractivity contribution in [3.63, 3.8) is 0 Å². The molecule has 0 radical (unpaired) electrons. The van der Waals surface area contributed by atoms with Crippen LogP contribution in [0.25, 0.3) is 0 Å². The zero-order chi connectivity index (χ0) is 26.5. The fourth-order valence-electron chi connectivity index (χ4n) is 4.16. The van der Waals surface area contributed by atoms with E-state index in [0.29, 0.717) is 21.8 Å². The first-order valence-corrected chi connectivity index (χ1v) is 12.6. The van der Waals surface area contributed by atoms with Crippen molar-refractivity contribution in [1.29, 1.82) is 0 Å². The first-order chi connectivity index (χ1) is 17.7. The minimum absolute atomic E-state index is 0.0617. The Balaban J connectivity index is 1.61. The lowest BCUT2D eigenvalue weighted by Gasteiger charge is -2.26. The Labute approximate surface area is 221 Å². The highest BCUT2D eigenvalue weighted by Gasteiger charge is 2.47. The molecule has 3 atom stereocenters. The average molecular weight is 520 g/mol. The van der Waals surface area contributed by atoms with Crippen molar-refractivity contribution in [2.75, 3.05) is 5.32 Å². The van der Waals surface area contributed by atoms with Gasteiger partial charge in [0.2, 0.25) is 5.91 Å². The summed E-state index contributed by atoms with van der Waals surface area (Å²) in [6.45, 7) is 6.12. The lowest BCUT2D eigenvalue weighted by molar-refractivity contribution is -0.127. The van der Waals surface area contributed by atoms with Crippen LogP contribution in [-0.2, 0) is 16.1 Å². The molecular weight excluding hydrogens is 490 g/mol. The maximum absolute atomic E-state index is 13.4. The highest BCUT2D eigenvalue weighted by Crippen LogP contribution is 2.35. The number of hydrogen-bond acceptors (Lipinski definition) is 4. The van der Waals surface area contributed by atoms with E-state index in [4.69, 9.17) is 16.3 Å². The van der Waals surface area contributed by atoms with Gasteiger partial charge in [0.05, 0.1) is 6.54 Å². The van der Waals surface area contributed by atoms with Crippen LogP contribution in [0.15, 0.2) is 72.8 Å². The number of nitrogens with zero attached hydrogens (tertiary/aromatic N) is 1. The fourth-order valence-corrected chi connectivity index (χ4v) is 4.35. The number of halogens is 1. The predicted molar refractivity (Wildman–Crippen MR) is 143 cm³/mol. The molecule has 1 heterocycles. The summed E-state index contributed by atoms with van der Waals surface area (Å²) in [5.41, 5.74) is 3.53. The number of cyclic esters (lactones) is 1. The molecule has 1 saturated heterocycles. The van der Waals surface area contributed by atoms with Gasteiger partial charge in [0, 0.05) is 22.3 Å². The molecule has 4 rings (SSSR count). The Morgan fingerprint density at radius 3 is 2.49 bits per heavy atom. The second-order valence-corrected chi connectivity index (χ2v) is 9.71. The summed E-state index contributed by atoms with van der Waals surface area (Å²) in [6, 6.07) is 20.5. The van der Waals surface area contributed by atoms with Crippen molar-refractivity contribution in [1.82, 2.24) is 10.2 Å². The quantitative estimate of drug-likeness (QED) is 0.389. The zero-order valence-corrected chi connectivity index (χ0v) is 21.8. The highest BCUT2D eigenvalue weighted by atomic mass is 35.5. The van der Waals surface area contributed by atoms with Gasteiger partial charge in [-0.05, 0) is 61.7 Å². The monoisotopic (exact) mass is 519 g/mol. The number of carbonyl (C=O) groups is 3. The van der Waals surface area contributed by atoms with E-state index < -0.39 is 18.2 Å². The number of rotatable bonds is 8. The van der Waals surface area contributed by atoms with Gasteiger partial charge in [-0.3, -0.25) is 14.5 Å². The smallest absolute Gasteiger partial charge is 0.411 e.